The lowest BCUT2D eigenvalue weighted by atomic mass is 10.1. The lowest BCUT2D eigenvalue weighted by Crippen LogP contribution is -2.16. The van der Waals surface area contributed by atoms with Crippen molar-refractivity contribution in [1.29, 1.82) is 0 Å². The molecule has 0 fully saturated rings. The fraction of sp³-hybridized carbons (Fsp3) is 0. The molecular weight excluding hydrogens is 330 g/mol. The number of anilines is 1. The Kier molecular flexibility index (Phi) is 4.92. The molecule has 1 atom stereocenters. The van der Waals surface area contributed by atoms with Crippen molar-refractivity contribution in [2.75, 3.05) is 5.32 Å². The van der Waals surface area contributed by atoms with Gasteiger partial charge in [0.05, 0.1) is 16.0 Å². The number of carboxylic acid groups (broad SMARTS) is 1. The highest BCUT2D eigenvalue weighted by atomic mass is 35.5. The largest absolute Gasteiger partial charge is 0.478 e. The van der Waals surface area contributed by atoms with E-state index in [1.165, 1.54) is 42.5 Å². The topological polar surface area (TPSA) is 104 Å². The monoisotopic (exact) mass is 339 g/mol. The number of halogens is 1. The highest BCUT2D eigenvalue weighted by Crippen LogP contribution is 2.19. The quantitative estimate of drug-likeness (QED) is 0.743. The van der Waals surface area contributed by atoms with Gasteiger partial charge in [0.2, 0.25) is 0 Å². The van der Waals surface area contributed by atoms with Crippen LogP contribution in [-0.2, 0) is 11.1 Å². The fourth-order valence-electron chi connectivity index (χ4n) is 1.74. The van der Waals surface area contributed by atoms with E-state index in [-0.39, 0.29) is 21.0 Å². The number of nitrogens with one attached hydrogen (secondary N) is 1. The summed E-state index contributed by atoms with van der Waals surface area (Å²) in [5.74, 6) is -1.88. The van der Waals surface area contributed by atoms with Crippen molar-refractivity contribution < 1.29 is 23.5 Å². The molecule has 3 N–H and O–H groups in total. The van der Waals surface area contributed by atoms with Crippen LogP contribution in [0.1, 0.15) is 20.7 Å². The summed E-state index contributed by atoms with van der Waals surface area (Å²) < 4.78 is 19.8. The summed E-state index contributed by atoms with van der Waals surface area (Å²) in [6.45, 7) is 0. The van der Waals surface area contributed by atoms with Crippen molar-refractivity contribution in [2.24, 2.45) is 0 Å². The first-order valence-electron chi connectivity index (χ1n) is 5.93. The Morgan fingerprint density at radius 2 is 1.68 bits per heavy atom. The number of aromatic carboxylic acids is 1. The Morgan fingerprint density at radius 3 is 2.23 bits per heavy atom. The molecule has 0 aliphatic rings. The third-order valence-electron chi connectivity index (χ3n) is 2.77. The van der Waals surface area contributed by atoms with Crippen LogP contribution < -0.4 is 5.32 Å². The zero-order chi connectivity index (χ0) is 16.3. The molecule has 0 heterocycles. The maximum absolute atomic E-state index is 12.2. The number of amides is 1. The fourth-order valence-corrected chi connectivity index (χ4v) is 2.28. The van der Waals surface area contributed by atoms with Crippen LogP contribution in [0.3, 0.4) is 0 Å². The van der Waals surface area contributed by atoms with E-state index in [1.54, 1.807) is 0 Å². The molecule has 114 valence electrons. The molecular formula is C14H10ClNO5S. The summed E-state index contributed by atoms with van der Waals surface area (Å²) in [7, 11) is 0. The molecule has 0 aliphatic heterocycles. The summed E-state index contributed by atoms with van der Waals surface area (Å²) >= 11 is 3.68. The van der Waals surface area contributed by atoms with Crippen LogP contribution in [0.15, 0.2) is 47.4 Å². The highest BCUT2D eigenvalue weighted by Gasteiger charge is 2.17. The second-order valence-electron chi connectivity index (χ2n) is 4.22. The van der Waals surface area contributed by atoms with Gasteiger partial charge in [0.1, 0.15) is 0 Å². The van der Waals surface area contributed by atoms with Gasteiger partial charge in [-0.3, -0.25) is 4.79 Å². The van der Waals surface area contributed by atoms with Crippen molar-refractivity contribution >= 4 is 40.2 Å². The maximum atomic E-state index is 12.2. The summed E-state index contributed by atoms with van der Waals surface area (Å²) in [5.41, 5.74) is 0.111. The van der Waals surface area contributed by atoms with E-state index in [2.05, 4.69) is 5.32 Å². The van der Waals surface area contributed by atoms with Crippen LogP contribution in [0.5, 0.6) is 0 Å². The Bertz CT molecular complexity index is 760. The first-order chi connectivity index (χ1) is 10.4. The Labute approximate surface area is 133 Å². The minimum atomic E-state index is -2.11. The summed E-state index contributed by atoms with van der Waals surface area (Å²) in [4.78, 5) is 23.5. The number of hydrogen-bond acceptors (Lipinski definition) is 3. The van der Waals surface area contributed by atoms with Crippen molar-refractivity contribution in [3.63, 3.8) is 0 Å². The summed E-state index contributed by atoms with van der Waals surface area (Å²) in [6.07, 6.45) is 0. The van der Waals surface area contributed by atoms with Crippen molar-refractivity contribution in [2.45, 2.75) is 4.90 Å². The third-order valence-corrected chi connectivity index (χ3v) is 3.68. The zero-order valence-electron chi connectivity index (χ0n) is 10.9. The molecule has 0 bridgehead atoms. The van der Waals surface area contributed by atoms with E-state index in [1.807, 2.05) is 0 Å². The molecule has 1 unspecified atom stereocenters. The van der Waals surface area contributed by atoms with Gasteiger partial charge in [-0.15, -0.1) is 0 Å². The normalized spacial score (nSPS) is 11.7. The lowest BCUT2D eigenvalue weighted by molar-refractivity contribution is 0.0692. The molecule has 0 aromatic heterocycles. The minimum absolute atomic E-state index is 0.0742. The highest BCUT2D eigenvalue weighted by molar-refractivity contribution is 7.79. The number of carbonyl (C=O) groups excluding carboxylic acids is 1. The second kappa shape index (κ2) is 6.69. The average molecular weight is 340 g/mol. The van der Waals surface area contributed by atoms with Gasteiger partial charge >= 0.3 is 5.97 Å². The second-order valence-corrected chi connectivity index (χ2v) is 5.63. The predicted octanol–water partition coefficient (Wildman–Crippen LogP) is 2.87. The van der Waals surface area contributed by atoms with Crippen molar-refractivity contribution in [3.05, 3.63) is 58.6 Å². The zero-order valence-corrected chi connectivity index (χ0v) is 12.5. The SMILES string of the molecule is O=C(O)c1ccc(Cl)cc1C(=O)Nc1ccc(S(=O)O)cc1. The van der Waals surface area contributed by atoms with Gasteiger partial charge in [0.25, 0.3) is 5.91 Å². The molecule has 8 heteroatoms. The molecule has 0 saturated heterocycles. The van der Waals surface area contributed by atoms with Crippen LogP contribution in [0.4, 0.5) is 5.69 Å². The van der Waals surface area contributed by atoms with Gasteiger partial charge in [-0.2, -0.15) is 0 Å². The van der Waals surface area contributed by atoms with Gasteiger partial charge in [-0.05, 0) is 42.5 Å². The van der Waals surface area contributed by atoms with Crippen LogP contribution >= 0.6 is 11.6 Å². The van der Waals surface area contributed by atoms with Gasteiger partial charge in [0, 0.05) is 10.7 Å². The first kappa shape index (κ1) is 16.2. The number of benzene rings is 2. The van der Waals surface area contributed by atoms with Crippen LogP contribution in [-0.4, -0.2) is 25.7 Å². The van der Waals surface area contributed by atoms with E-state index in [0.717, 1.165) is 0 Å². The average Bonchev–Trinajstić information content (AvgIpc) is 2.47. The van der Waals surface area contributed by atoms with Crippen LogP contribution in [0.2, 0.25) is 5.02 Å². The number of rotatable bonds is 4. The number of carbonyl (C=O) groups is 2. The molecule has 0 spiro atoms. The Hall–Kier alpha value is -2.22. The van der Waals surface area contributed by atoms with Gasteiger partial charge < -0.3 is 15.0 Å². The van der Waals surface area contributed by atoms with Crippen molar-refractivity contribution in [3.8, 4) is 0 Å². The molecule has 0 aliphatic carbocycles. The standard InChI is InChI=1S/C14H10ClNO5S/c15-8-1-6-11(14(18)19)12(7-8)13(17)16-9-2-4-10(5-3-9)22(20)21/h1-7H,(H,16,17)(H,18,19)(H,20,21). The number of carboxylic acids is 1. The summed E-state index contributed by atoms with van der Waals surface area (Å²) in [6, 6.07) is 9.52. The Morgan fingerprint density at radius 1 is 1.05 bits per heavy atom. The van der Waals surface area contributed by atoms with E-state index in [9.17, 15) is 13.8 Å². The first-order valence-corrected chi connectivity index (χ1v) is 7.42. The molecule has 22 heavy (non-hydrogen) atoms. The van der Waals surface area contributed by atoms with E-state index < -0.39 is 23.0 Å². The predicted molar refractivity (Wildman–Crippen MR) is 81.8 cm³/mol. The van der Waals surface area contributed by atoms with E-state index >= 15 is 0 Å². The minimum Gasteiger partial charge on any atom is -0.478 e. The van der Waals surface area contributed by atoms with E-state index in [0.29, 0.717) is 5.69 Å². The Balaban J connectivity index is 2.27. The molecule has 2 aromatic rings. The van der Waals surface area contributed by atoms with Crippen LogP contribution in [0.25, 0.3) is 0 Å². The smallest absolute Gasteiger partial charge is 0.336 e. The molecule has 0 radical (unpaired) electrons. The van der Waals surface area contributed by atoms with Gasteiger partial charge in [0.15, 0.2) is 11.1 Å². The molecule has 2 rings (SSSR count). The molecule has 0 saturated carbocycles. The third kappa shape index (κ3) is 3.70. The summed E-state index contributed by atoms with van der Waals surface area (Å²) in [5, 5.41) is 11.8. The maximum Gasteiger partial charge on any atom is 0.336 e. The van der Waals surface area contributed by atoms with Crippen molar-refractivity contribution in [1.82, 2.24) is 0 Å². The lowest BCUT2D eigenvalue weighted by Gasteiger charge is -2.08. The van der Waals surface area contributed by atoms with E-state index in [4.69, 9.17) is 21.3 Å². The molecule has 6 nitrogen and oxygen atoms in total. The van der Waals surface area contributed by atoms with Gasteiger partial charge in [-0.1, -0.05) is 11.6 Å². The molecule has 1 amide bonds. The number of hydrogen-bond donors (Lipinski definition) is 3. The van der Waals surface area contributed by atoms with Crippen LogP contribution in [0, 0.1) is 0 Å². The van der Waals surface area contributed by atoms with Gasteiger partial charge in [-0.25, -0.2) is 9.00 Å². The molecule has 2 aromatic carbocycles.